The molecule has 5 nitrogen and oxygen atoms in total. The second-order valence-electron chi connectivity index (χ2n) is 5.77. The van der Waals surface area contributed by atoms with Crippen molar-refractivity contribution in [1.82, 2.24) is 14.8 Å². The van der Waals surface area contributed by atoms with Crippen molar-refractivity contribution in [2.75, 3.05) is 5.32 Å². The number of allylic oxidation sites excluding steroid dienone is 3. The number of anilines is 1. The Morgan fingerprint density at radius 1 is 1.16 bits per heavy atom. The maximum absolute atomic E-state index is 12.1. The number of carbonyl (C=O) groups excluding carboxylic acids is 1. The number of carbonyl (C=O) groups is 1. The molecule has 1 amide bonds. The molecule has 2 heterocycles. The van der Waals surface area contributed by atoms with E-state index in [1.807, 2.05) is 63.2 Å². The van der Waals surface area contributed by atoms with Crippen LogP contribution in [0.4, 0.5) is 5.82 Å². The van der Waals surface area contributed by atoms with E-state index in [1.165, 1.54) is 6.08 Å². The van der Waals surface area contributed by atoms with Crippen LogP contribution < -0.4 is 5.32 Å². The molecule has 126 valence electrons. The smallest absolute Gasteiger partial charge is 0.249 e. The summed E-state index contributed by atoms with van der Waals surface area (Å²) in [6.45, 7) is 5.83. The van der Waals surface area contributed by atoms with Gasteiger partial charge in [0.15, 0.2) is 5.82 Å². The summed E-state index contributed by atoms with van der Waals surface area (Å²) in [6.07, 6.45) is 6.84. The van der Waals surface area contributed by atoms with Crippen LogP contribution in [0.25, 0.3) is 16.7 Å². The number of hydrogen-bond acceptors (Lipinski definition) is 3. The summed E-state index contributed by atoms with van der Waals surface area (Å²) < 4.78 is 1.66. The third-order valence-electron chi connectivity index (χ3n) is 3.76. The van der Waals surface area contributed by atoms with E-state index >= 15 is 0 Å². The second kappa shape index (κ2) is 7.13. The lowest BCUT2D eigenvalue weighted by Crippen LogP contribution is -2.13. The average Bonchev–Trinajstić information content (AvgIpc) is 2.95. The molecular weight excluding hydrogens is 312 g/mol. The van der Waals surface area contributed by atoms with Gasteiger partial charge in [-0.3, -0.25) is 4.79 Å². The van der Waals surface area contributed by atoms with Gasteiger partial charge < -0.3 is 5.32 Å². The molecule has 0 aliphatic heterocycles. The summed E-state index contributed by atoms with van der Waals surface area (Å²) in [5.74, 6) is 1.06. The zero-order valence-corrected chi connectivity index (χ0v) is 14.5. The maximum atomic E-state index is 12.1. The Balaban J connectivity index is 1.99. The summed E-state index contributed by atoms with van der Waals surface area (Å²) in [5.41, 5.74) is 2.82. The van der Waals surface area contributed by atoms with Crippen LogP contribution in [0.2, 0.25) is 0 Å². The number of nitrogens with one attached hydrogen (secondary N) is 1. The Morgan fingerprint density at radius 3 is 2.76 bits per heavy atom. The molecule has 0 fully saturated rings. The van der Waals surface area contributed by atoms with Gasteiger partial charge in [0.05, 0.1) is 11.2 Å². The fraction of sp³-hybridized carbons (Fsp3) is 0.150. The summed E-state index contributed by atoms with van der Waals surface area (Å²) in [5, 5.41) is 8.44. The molecule has 0 radical (unpaired) electrons. The summed E-state index contributed by atoms with van der Waals surface area (Å²) >= 11 is 0. The Kier molecular flexibility index (Phi) is 4.75. The normalized spacial score (nSPS) is 11.6. The van der Waals surface area contributed by atoms with Gasteiger partial charge >= 0.3 is 0 Å². The van der Waals surface area contributed by atoms with E-state index in [0.717, 1.165) is 22.2 Å². The quantitative estimate of drug-likeness (QED) is 0.578. The third kappa shape index (κ3) is 3.66. The SMILES string of the molecule is C/C=C/C=C/C(=O)Nc1cc(C)nn1-c1cc(C)c2ccccc2n1. The van der Waals surface area contributed by atoms with Gasteiger partial charge in [0, 0.05) is 17.5 Å². The average molecular weight is 332 g/mol. The molecule has 0 bridgehead atoms. The number of benzene rings is 1. The molecule has 2 aromatic heterocycles. The Morgan fingerprint density at radius 2 is 1.96 bits per heavy atom. The molecule has 25 heavy (non-hydrogen) atoms. The fourth-order valence-corrected chi connectivity index (χ4v) is 2.63. The standard InChI is InChI=1S/C20H20N4O/c1-4-5-6-11-20(25)22-19-13-15(3)23-24(19)18-12-14(2)16-9-7-8-10-17(16)21-18/h4-13H,1-3H3,(H,22,25)/b5-4+,11-6+. The highest BCUT2D eigenvalue weighted by molar-refractivity contribution is 5.99. The molecular formula is C20H20N4O. The minimum Gasteiger partial charge on any atom is -0.307 e. The molecule has 0 atom stereocenters. The van der Waals surface area contributed by atoms with Crippen molar-refractivity contribution in [1.29, 1.82) is 0 Å². The monoisotopic (exact) mass is 332 g/mol. The number of hydrogen-bond donors (Lipinski definition) is 1. The lowest BCUT2D eigenvalue weighted by Gasteiger charge is -2.09. The largest absolute Gasteiger partial charge is 0.307 e. The van der Waals surface area contributed by atoms with E-state index < -0.39 is 0 Å². The lowest BCUT2D eigenvalue weighted by atomic mass is 10.1. The van der Waals surface area contributed by atoms with Crippen molar-refractivity contribution in [2.45, 2.75) is 20.8 Å². The van der Waals surface area contributed by atoms with Crippen molar-refractivity contribution in [3.05, 3.63) is 72.0 Å². The Hall–Kier alpha value is -3.21. The molecule has 1 N–H and O–H groups in total. The number of rotatable bonds is 4. The van der Waals surface area contributed by atoms with Crippen molar-refractivity contribution >= 4 is 22.6 Å². The highest BCUT2D eigenvalue weighted by atomic mass is 16.1. The second-order valence-corrected chi connectivity index (χ2v) is 5.77. The van der Waals surface area contributed by atoms with Crippen LogP contribution in [-0.4, -0.2) is 20.7 Å². The van der Waals surface area contributed by atoms with Gasteiger partial charge in [-0.15, -0.1) is 0 Å². The molecule has 0 saturated carbocycles. The lowest BCUT2D eigenvalue weighted by molar-refractivity contribution is -0.111. The van der Waals surface area contributed by atoms with E-state index in [1.54, 1.807) is 16.8 Å². The van der Waals surface area contributed by atoms with Crippen molar-refractivity contribution < 1.29 is 4.79 Å². The molecule has 3 rings (SSSR count). The van der Waals surface area contributed by atoms with Crippen LogP contribution in [0, 0.1) is 13.8 Å². The summed E-state index contributed by atoms with van der Waals surface area (Å²) in [6, 6.07) is 11.8. The van der Waals surface area contributed by atoms with Crippen molar-refractivity contribution in [3.8, 4) is 5.82 Å². The van der Waals surface area contributed by atoms with Crippen molar-refractivity contribution in [3.63, 3.8) is 0 Å². The Bertz CT molecular complexity index is 983. The minimum absolute atomic E-state index is 0.211. The van der Waals surface area contributed by atoms with Crippen LogP contribution in [-0.2, 0) is 4.79 Å². The molecule has 0 unspecified atom stereocenters. The first-order chi connectivity index (χ1) is 12.1. The van der Waals surface area contributed by atoms with Crippen molar-refractivity contribution in [2.24, 2.45) is 0 Å². The summed E-state index contributed by atoms with van der Waals surface area (Å²) in [7, 11) is 0. The summed E-state index contributed by atoms with van der Waals surface area (Å²) in [4.78, 5) is 16.7. The fourth-order valence-electron chi connectivity index (χ4n) is 2.63. The number of fused-ring (bicyclic) bond motifs is 1. The predicted octanol–water partition coefficient (Wildman–Crippen LogP) is 4.11. The topological polar surface area (TPSA) is 59.8 Å². The molecule has 0 aliphatic carbocycles. The first kappa shape index (κ1) is 16.6. The van der Waals surface area contributed by atoms with Crippen LogP contribution in [0.5, 0.6) is 0 Å². The number of aromatic nitrogens is 3. The van der Waals surface area contributed by atoms with Crippen LogP contribution in [0.3, 0.4) is 0 Å². The van der Waals surface area contributed by atoms with Crippen LogP contribution >= 0.6 is 0 Å². The first-order valence-electron chi connectivity index (χ1n) is 8.12. The van der Waals surface area contributed by atoms with Gasteiger partial charge in [-0.05, 0) is 38.5 Å². The highest BCUT2D eigenvalue weighted by Gasteiger charge is 2.12. The van der Waals surface area contributed by atoms with Crippen LogP contribution in [0.15, 0.2) is 60.7 Å². The van der Waals surface area contributed by atoms with Gasteiger partial charge in [-0.1, -0.05) is 36.4 Å². The molecule has 1 aromatic carbocycles. The van der Waals surface area contributed by atoms with E-state index in [4.69, 9.17) is 0 Å². The zero-order valence-electron chi connectivity index (χ0n) is 14.5. The number of pyridine rings is 1. The number of nitrogens with zero attached hydrogens (tertiary/aromatic N) is 3. The van der Waals surface area contributed by atoms with Crippen LogP contribution in [0.1, 0.15) is 18.2 Å². The van der Waals surface area contributed by atoms with E-state index in [0.29, 0.717) is 11.6 Å². The molecule has 0 saturated heterocycles. The highest BCUT2D eigenvalue weighted by Crippen LogP contribution is 2.22. The first-order valence-corrected chi connectivity index (χ1v) is 8.12. The maximum Gasteiger partial charge on any atom is 0.249 e. The van der Waals surface area contributed by atoms with Gasteiger partial charge in [-0.2, -0.15) is 9.78 Å². The van der Waals surface area contributed by atoms with E-state index in [-0.39, 0.29) is 5.91 Å². The van der Waals surface area contributed by atoms with Gasteiger partial charge in [0.25, 0.3) is 0 Å². The molecule has 3 aromatic rings. The Labute approximate surface area is 146 Å². The zero-order chi connectivity index (χ0) is 17.8. The van der Waals surface area contributed by atoms with Gasteiger partial charge in [0.2, 0.25) is 5.91 Å². The molecule has 0 spiro atoms. The molecule has 5 heteroatoms. The van der Waals surface area contributed by atoms with Gasteiger partial charge in [0.1, 0.15) is 5.82 Å². The predicted molar refractivity (Wildman–Crippen MR) is 101 cm³/mol. The minimum atomic E-state index is -0.211. The number of aryl methyl sites for hydroxylation is 2. The third-order valence-corrected chi connectivity index (χ3v) is 3.76. The number of para-hydroxylation sites is 1. The molecule has 0 aliphatic rings. The van der Waals surface area contributed by atoms with E-state index in [2.05, 4.69) is 15.4 Å². The van der Waals surface area contributed by atoms with E-state index in [9.17, 15) is 4.79 Å². The number of amides is 1. The van der Waals surface area contributed by atoms with Gasteiger partial charge in [-0.25, -0.2) is 4.98 Å².